The minimum absolute atomic E-state index is 0.0796. The molecule has 1 aromatic carbocycles. The van der Waals surface area contributed by atoms with E-state index in [-0.39, 0.29) is 11.7 Å². The van der Waals surface area contributed by atoms with Crippen molar-refractivity contribution in [3.63, 3.8) is 0 Å². The molecular formula is C11H11BrFNO2. The molecule has 0 bridgehead atoms. The fourth-order valence-electron chi connectivity index (χ4n) is 1.58. The smallest absolute Gasteiger partial charge is 0.254 e. The van der Waals surface area contributed by atoms with Gasteiger partial charge >= 0.3 is 0 Å². The van der Waals surface area contributed by atoms with Gasteiger partial charge in [-0.25, -0.2) is 4.39 Å². The summed E-state index contributed by atoms with van der Waals surface area (Å²) >= 11 is 3.07. The fourth-order valence-corrected chi connectivity index (χ4v) is 1.96. The summed E-state index contributed by atoms with van der Waals surface area (Å²) in [6.07, 6.45) is 0. The molecule has 1 heterocycles. The summed E-state index contributed by atoms with van der Waals surface area (Å²) < 4.78 is 18.5. The maximum absolute atomic E-state index is 13.0. The number of rotatable bonds is 1. The van der Waals surface area contributed by atoms with Crippen molar-refractivity contribution >= 4 is 21.8 Å². The van der Waals surface area contributed by atoms with Gasteiger partial charge < -0.3 is 9.64 Å². The van der Waals surface area contributed by atoms with Crippen LogP contribution in [0, 0.1) is 5.82 Å². The zero-order valence-corrected chi connectivity index (χ0v) is 10.2. The highest BCUT2D eigenvalue weighted by Crippen LogP contribution is 2.18. The Labute approximate surface area is 101 Å². The van der Waals surface area contributed by atoms with Crippen LogP contribution in [0.5, 0.6) is 0 Å². The van der Waals surface area contributed by atoms with Gasteiger partial charge in [-0.2, -0.15) is 0 Å². The minimum atomic E-state index is -0.362. The highest BCUT2D eigenvalue weighted by molar-refractivity contribution is 9.10. The molecule has 86 valence electrons. The van der Waals surface area contributed by atoms with Crippen molar-refractivity contribution in [1.29, 1.82) is 0 Å². The van der Waals surface area contributed by atoms with Crippen LogP contribution in [-0.2, 0) is 4.74 Å². The molecule has 1 fully saturated rings. The minimum Gasteiger partial charge on any atom is -0.378 e. The van der Waals surface area contributed by atoms with E-state index in [9.17, 15) is 9.18 Å². The standard InChI is InChI=1S/C11H11BrFNO2/c12-9-7-8(1-2-10(9)13)11(15)14-3-5-16-6-4-14/h1-2,7H,3-6H2. The van der Waals surface area contributed by atoms with E-state index in [1.165, 1.54) is 18.2 Å². The van der Waals surface area contributed by atoms with E-state index in [1.54, 1.807) is 4.90 Å². The van der Waals surface area contributed by atoms with Gasteiger partial charge in [0.05, 0.1) is 17.7 Å². The lowest BCUT2D eigenvalue weighted by atomic mass is 10.2. The van der Waals surface area contributed by atoms with E-state index in [2.05, 4.69) is 15.9 Å². The predicted molar refractivity (Wildman–Crippen MR) is 60.8 cm³/mol. The first-order valence-corrected chi connectivity index (χ1v) is 5.80. The monoisotopic (exact) mass is 287 g/mol. The Morgan fingerprint density at radius 1 is 1.38 bits per heavy atom. The number of benzene rings is 1. The molecule has 0 N–H and O–H groups in total. The lowest BCUT2D eigenvalue weighted by Gasteiger charge is -2.26. The van der Waals surface area contributed by atoms with Crippen molar-refractivity contribution in [3.8, 4) is 0 Å². The second-order valence-electron chi connectivity index (χ2n) is 3.53. The molecule has 2 rings (SSSR count). The average molecular weight is 288 g/mol. The highest BCUT2D eigenvalue weighted by atomic mass is 79.9. The van der Waals surface area contributed by atoms with Crippen molar-refractivity contribution in [3.05, 3.63) is 34.1 Å². The molecule has 0 spiro atoms. The Morgan fingerprint density at radius 2 is 2.06 bits per heavy atom. The third-order valence-corrected chi connectivity index (χ3v) is 3.07. The molecule has 1 aliphatic rings. The SMILES string of the molecule is O=C(c1ccc(F)c(Br)c1)N1CCOCC1. The normalized spacial score (nSPS) is 16.2. The Hall–Kier alpha value is -0.940. The zero-order valence-electron chi connectivity index (χ0n) is 8.58. The van der Waals surface area contributed by atoms with Crippen molar-refractivity contribution in [1.82, 2.24) is 4.90 Å². The van der Waals surface area contributed by atoms with Crippen molar-refractivity contribution < 1.29 is 13.9 Å². The van der Waals surface area contributed by atoms with Crippen molar-refractivity contribution in [2.24, 2.45) is 0 Å². The van der Waals surface area contributed by atoms with Crippen LogP contribution in [0.2, 0.25) is 0 Å². The first-order valence-electron chi connectivity index (χ1n) is 5.00. The molecule has 16 heavy (non-hydrogen) atoms. The molecule has 3 nitrogen and oxygen atoms in total. The Kier molecular flexibility index (Phi) is 3.56. The summed E-state index contributed by atoms with van der Waals surface area (Å²) in [6.45, 7) is 2.31. The average Bonchev–Trinajstić information content (AvgIpc) is 2.33. The maximum Gasteiger partial charge on any atom is 0.254 e. The summed E-state index contributed by atoms with van der Waals surface area (Å²) in [5.41, 5.74) is 0.496. The number of amides is 1. The molecule has 0 atom stereocenters. The van der Waals surface area contributed by atoms with Crippen LogP contribution in [0.15, 0.2) is 22.7 Å². The van der Waals surface area contributed by atoms with Gasteiger partial charge in [0.25, 0.3) is 5.91 Å². The largest absolute Gasteiger partial charge is 0.378 e. The molecule has 0 aliphatic carbocycles. The van der Waals surface area contributed by atoms with Gasteiger partial charge in [-0.05, 0) is 34.1 Å². The molecule has 1 amide bonds. The van der Waals surface area contributed by atoms with Crippen LogP contribution < -0.4 is 0 Å². The summed E-state index contributed by atoms with van der Waals surface area (Å²) in [5, 5.41) is 0. The number of hydrogen-bond acceptors (Lipinski definition) is 2. The first-order chi connectivity index (χ1) is 7.68. The van der Waals surface area contributed by atoms with Crippen LogP contribution in [0.1, 0.15) is 10.4 Å². The van der Waals surface area contributed by atoms with E-state index < -0.39 is 0 Å². The zero-order chi connectivity index (χ0) is 11.5. The van der Waals surface area contributed by atoms with Gasteiger partial charge in [-0.3, -0.25) is 4.79 Å². The van der Waals surface area contributed by atoms with E-state index >= 15 is 0 Å². The first kappa shape index (κ1) is 11.5. The van der Waals surface area contributed by atoms with E-state index in [4.69, 9.17) is 4.74 Å². The lowest BCUT2D eigenvalue weighted by molar-refractivity contribution is 0.0303. The summed E-state index contributed by atoms with van der Waals surface area (Å²) in [5.74, 6) is -0.442. The van der Waals surface area contributed by atoms with Gasteiger partial charge in [0.15, 0.2) is 0 Å². The van der Waals surface area contributed by atoms with Crippen LogP contribution >= 0.6 is 15.9 Å². The number of nitrogens with zero attached hydrogens (tertiary/aromatic N) is 1. The van der Waals surface area contributed by atoms with E-state index in [0.29, 0.717) is 36.3 Å². The van der Waals surface area contributed by atoms with E-state index in [0.717, 1.165) is 0 Å². The third-order valence-electron chi connectivity index (χ3n) is 2.46. The van der Waals surface area contributed by atoms with Crippen LogP contribution in [0.25, 0.3) is 0 Å². The summed E-state index contributed by atoms with van der Waals surface area (Å²) in [4.78, 5) is 13.7. The molecule has 1 saturated heterocycles. The number of hydrogen-bond donors (Lipinski definition) is 0. The molecule has 5 heteroatoms. The molecule has 0 radical (unpaired) electrons. The molecule has 1 aromatic rings. The second-order valence-corrected chi connectivity index (χ2v) is 4.39. The number of ether oxygens (including phenoxy) is 1. The van der Waals surface area contributed by atoms with Crippen LogP contribution in [0.3, 0.4) is 0 Å². The number of carbonyl (C=O) groups excluding carboxylic acids is 1. The fraction of sp³-hybridized carbons (Fsp3) is 0.364. The Balaban J connectivity index is 2.16. The quantitative estimate of drug-likeness (QED) is 0.791. The Morgan fingerprint density at radius 3 is 2.69 bits per heavy atom. The molecular weight excluding hydrogens is 277 g/mol. The maximum atomic E-state index is 13.0. The molecule has 0 aromatic heterocycles. The molecule has 0 unspecified atom stereocenters. The molecule has 1 aliphatic heterocycles. The number of morpholine rings is 1. The number of halogens is 2. The molecule has 0 saturated carbocycles. The second kappa shape index (κ2) is 4.93. The Bertz CT molecular complexity index is 405. The van der Waals surface area contributed by atoms with Gasteiger partial charge in [-0.1, -0.05) is 0 Å². The van der Waals surface area contributed by atoms with Gasteiger partial charge in [-0.15, -0.1) is 0 Å². The predicted octanol–water partition coefficient (Wildman–Crippen LogP) is 2.06. The van der Waals surface area contributed by atoms with Gasteiger partial charge in [0, 0.05) is 18.7 Å². The third kappa shape index (κ3) is 2.41. The van der Waals surface area contributed by atoms with Crippen LogP contribution in [0.4, 0.5) is 4.39 Å². The number of carbonyl (C=O) groups is 1. The van der Waals surface area contributed by atoms with Crippen LogP contribution in [-0.4, -0.2) is 37.1 Å². The highest BCUT2D eigenvalue weighted by Gasteiger charge is 2.18. The topological polar surface area (TPSA) is 29.5 Å². The van der Waals surface area contributed by atoms with Gasteiger partial charge in [0.1, 0.15) is 5.82 Å². The summed E-state index contributed by atoms with van der Waals surface area (Å²) in [7, 11) is 0. The summed E-state index contributed by atoms with van der Waals surface area (Å²) in [6, 6.07) is 4.29. The lowest BCUT2D eigenvalue weighted by Crippen LogP contribution is -2.40. The van der Waals surface area contributed by atoms with Crippen molar-refractivity contribution in [2.75, 3.05) is 26.3 Å². The van der Waals surface area contributed by atoms with E-state index in [1.807, 2.05) is 0 Å². The van der Waals surface area contributed by atoms with Crippen molar-refractivity contribution in [2.45, 2.75) is 0 Å². The van der Waals surface area contributed by atoms with Gasteiger partial charge in [0.2, 0.25) is 0 Å².